The number of hydrogen-bond acceptors (Lipinski definition) is 6. The van der Waals surface area contributed by atoms with Gasteiger partial charge in [0, 0.05) is 12.6 Å². The summed E-state index contributed by atoms with van der Waals surface area (Å²) in [7, 11) is -2.25. The standard InChI is InChI=1S/C23H23N3O5S/c1-3-31-22-15-17(9-14-21(22)27)16-24-25-23(28)18-10-12-19(13-11-18)26(2)32(29,30)20-7-5-4-6-8-20/h4-16,27H,3H2,1-2H3,(H,25,28)/b24-16-. The number of phenols is 1. The number of carbonyl (C=O) groups is 1. The molecule has 3 aromatic carbocycles. The van der Waals surface area contributed by atoms with Crippen LogP contribution < -0.4 is 14.5 Å². The third kappa shape index (κ3) is 5.25. The fourth-order valence-corrected chi connectivity index (χ4v) is 4.04. The molecule has 166 valence electrons. The third-order valence-electron chi connectivity index (χ3n) is 4.56. The van der Waals surface area contributed by atoms with Crippen LogP contribution >= 0.6 is 0 Å². The molecule has 0 heterocycles. The van der Waals surface area contributed by atoms with E-state index in [9.17, 15) is 18.3 Å². The maximum Gasteiger partial charge on any atom is 0.271 e. The van der Waals surface area contributed by atoms with Crippen LogP contribution in [0.3, 0.4) is 0 Å². The van der Waals surface area contributed by atoms with Crippen molar-refractivity contribution < 1.29 is 23.1 Å². The first-order valence-electron chi connectivity index (χ1n) is 9.76. The average Bonchev–Trinajstić information content (AvgIpc) is 2.81. The van der Waals surface area contributed by atoms with Gasteiger partial charge < -0.3 is 9.84 Å². The van der Waals surface area contributed by atoms with Crippen LogP contribution in [-0.4, -0.2) is 39.3 Å². The highest BCUT2D eigenvalue weighted by molar-refractivity contribution is 7.92. The Hall–Kier alpha value is -3.85. The van der Waals surface area contributed by atoms with Crippen molar-refractivity contribution in [2.45, 2.75) is 11.8 Å². The van der Waals surface area contributed by atoms with Gasteiger partial charge >= 0.3 is 0 Å². The minimum Gasteiger partial charge on any atom is -0.504 e. The monoisotopic (exact) mass is 453 g/mol. The molecular weight excluding hydrogens is 430 g/mol. The average molecular weight is 454 g/mol. The molecule has 0 bridgehead atoms. The van der Waals surface area contributed by atoms with E-state index in [1.807, 2.05) is 0 Å². The highest BCUT2D eigenvalue weighted by atomic mass is 32.2. The summed E-state index contributed by atoms with van der Waals surface area (Å²) in [6.07, 6.45) is 1.43. The zero-order valence-corrected chi connectivity index (χ0v) is 18.4. The lowest BCUT2D eigenvalue weighted by molar-refractivity contribution is 0.0955. The molecule has 9 heteroatoms. The number of nitrogens with zero attached hydrogens (tertiary/aromatic N) is 2. The molecule has 2 N–H and O–H groups in total. The van der Waals surface area contributed by atoms with E-state index in [4.69, 9.17) is 4.74 Å². The Kier molecular flexibility index (Phi) is 7.11. The van der Waals surface area contributed by atoms with Gasteiger partial charge in [-0.2, -0.15) is 5.10 Å². The summed E-state index contributed by atoms with van der Waals surface area (Å²) in [6, 6.07) is 19.0. The molecule has 3 rings (SSSR count). The molecule has 0 saturated carbocycles. The van der Waals surface area contributed by atoms with E-state index in [1.54, 1.807) is 49.4 Å². The fourth-order valence-electron chi connectivity index (χ4n) is 2.82. The first kappa shape index (κ1) is 22.8. The van der Waals surface area contributed by atoms with E-state index in [-0.39, 0.29) is 10.6 Å². The molecule has 0 unspecified atom stereocenters. The van der Waals surface area contributed by atoms with E-state index in [0.717, 1.165) is 4.31 Å². The van der Waals surface area contributed by atoms with Crippen molar-refractivity contribution in [3.63, 3.8) is 0 Å². The number of hydrazone groups is 1. The van der Waals surface area contributed by atoms with E-state index >= 15 is 0 Å². The SMILES string of the molecule is CCOc1cc(/C=N\NC(=O)c2ccc(N(C)S(=O)(=O)c3ccccc3)cc2)ccc1O. The normalized spacial score (nSPS) is 11.3. The van der Waals surface area contributed by atoms with Crippen molar-refractivity contribution >= 4 is 27.8 Å². The quantitative estimate of drug-likeness (QED) is 0.402. The lowest BCUT2D eigenvalue weighted by Gasteiger charge is -2.19. The molecule has 0 aliphatic heterocycles. The van der Waals surface area contributed by atoms with E-state index in [0.29, 0.717) is 29.2 Å². The zero-order valence-electron chi connectivity index (χ0n) is 17.6. The van der Waals surface area contributed by atoms with Crippen LogP contribution in [0.15, 0.2) is 82.8 Å². The van der Waals surface area contributed by atoms with Gasteiger partial charge in [0.1, 0.15) is 0 Å². The number of benzene rings is 3. The zero-order chi connectivity index (χ0) is 23.1. The van der Waals surface area contributed by atoms with Gasteiger partial charge in [-0.15, -0.1) is 0 Å². The predicted octanol–water partition coefficient (Wildman–Crippen LogP) is 3.38. The summed E-state index contributed by atoms with van der Waals surface area (Å²) < 4.78 is 31.9. The number of ether oxygens (including phenoxy) is 1. The predicted molar refractivity (Wildman–Crippen MR) is 123 cm³/mol. The topological polar surface area (TPSA) is 108 Å². The molecule has 1 amide bonds. The number of sulfonamides is 1. The largest absolute Gasteiger partial charge is 0.504 e. The summed E-state index contributed by atoms with van der Waals surface area (Å²) >= 11 is 0. The molecule has 0 aromatic heterocycles. The number of carbonyl (C=O) groups excluding carboxylic acids is 1. The molecule has 0 atom stereocenters. The van der Waals surface area contributed by atoms with E-state index < -0.39 is 15.9 Å². The Morgan fingerprint density at radius 3 is 2.44 bits per heavy atom. The van der Waals surface area contributed by atoms with Crippen molar-refractivity contribution in [2.75, 3.05) is 18.0 Å². The molecular formula is C23H23N3O5S. The van der Waals surface area contributed by atoms with Gasteiger partial charge in [0.15, 0.2) is 11.5 Å². The molecule has 0 fully saturated rings. The smallest absolute Gasteiger partial charge is 0.271 e. The van der Waals surface area contributed by atoms with Crippen LogP contribution in [-0.2, 0) is 10.0 Å². The second-order valence-electron chi connectivity index (χ2n) is 6.69. The van der Waals surface area contributed by atoms with Crippen molar-refractivity contribution in [2.24, 2.45) is 5.10 Å². The van der Waals surface area contributed by atoms with Crippen LogP contribution in [0, 0.1) is 0 Å². The first-order chi connectivity index (χ1) is 15.3. The Morgan fingerprint density at radius 1 is 1.09 bits per heavy atom. The van der Waals surface area contributed by atoms with Gasteiger partial charge in [-0.05, 0) is 67.1 Å². The highest BCUT2D eigenvalue weighted by Gasteiger charge is 2.21. The van der Waals surface area contributed by atoms with Gasteiger partial charge in [-0.1, -0.05) is 18.2 Å². The van der Waals surface area contributed by atoms with Gasteiger partial charge in [0.25, 0.3) is 15.9 Å². The van der Waals surface area contributed by atoms with Crippen LogP contribution in [0.25, 0.3) is 0 Å². The van der Waals surface area contributed by atoms with E-state index in [1.165, 1.54) is 43.6 Å². The van der Waals surface area contributed by atoms with Crippen LogP contribution in [0.4, 0.5) is 5.69 Å². The van der Waals surface area contributed by atoms with Crippen LogP contribution in [0.2, 0.25) is 0 Å². The summed E-state index contributed by atoms with van der Waals surface area (Å²) in [4.78, 5) is 12.5. The minimum absolute atomic E-state index is 0.0207. The second-order valence-corrected chi connectivity index (χ2v) is 8.66. The second kappa shape index (κ2) is 9.97. The maximum atomic E-state index is 12.7. The number of rotatable bonds is 8. The number of nitrogens with one attached hydrogen (secondary N) is 1. The number of phenolic OH excluding ortho intramolecular Hbond substituents is 1. The van der Waals surface area contributed by atoms with Gasteiger partial charge in [-0.3, -0.25) is 9.10 Å². The molecule has 0 aliphatic rings. The lowest BCUT2D eigenvalue weighted by atomic mass is 10.2. The molecule has 3 aromatic rings. The molecule has 0 saturated heterocycles. The number of amides is 1. The summed E-state index contributed by atoms with van der Waals surface area (Å²) in [5.74, 6) is -0.106. The Bertz CT molecular complexity index is 1210. The Labute approximate surface area is 186 Å². The van der Waals surface area contributed by atoms with Crippen molar-refractivity contribution in [3.05, 3.63) is 83.9 Å². The molecule has 8 nitrogen and oxygen atoms in total. The van der Waals surface area contributed by atoms with Crippen LogP contribution in [0.5, 0.6) is 11.5 Å². The number of aromatic hydroxyl groups is 1. The van der Waals surface area contributed by atoms with Gasteiger partial charge in [0.05, 0.1) is 23.4 Å². The van der Waals surface area contributed by atoms with Crippen LogP contribution in [0.1, 0.15) is 22.8 Å². The van der Waals surface area contributed by atoms with E-state index in [2.05, 4.69) is 10.5 Å². The molecule has 0 radical (unpaired) electrons. The minimum atomic E-state index is -3.70. The van der Waals surface area contributed by atoms with Gasteiger partial charge in [0.2, 0.25) is 0 Å². The number of anilines is 1. The highest BCUT2D eigenvalue weighted by Crippen LogP contribution is 2.26. The Balaban J connectivity index is 1.66. The van der Waals surface area contributed by atoms with Gasteiger partial charge in [-0.25, -0.2) is 13.8 Å². The Morgan fingerprint density at radius 2 is 1.78 bits per heavy atom. The van der Waals surface area contributed by atoms with Crippen molar-refractivity contribution in [1.29, 1.82) is 0 Å². The summed E-state index contributed by atoms with van der Waals surface area (Å²) in [5.41, 5.74) is 3.78. The molecule has 0 spiro atoms. The summed E-state index contributed by atoms with van der Waals surface area (Å²) in [6.45, 7) is 2.21. The summed E-state index contributed by atoms with van der Waals surface area (Å²) in [5, 5.41) is 13.6. The molecule has 0 aliphatic carbocycles. The lowest BCUT2D eigenvalue weighted by Crippen LogP contribution is -2.26. The first-order valence-corrected chi connectivity index (χ1v) is 11.2. The molecule has 32 heavy (non-hydrogen) atoms. The van der Waals surface area contributed by atoms with Crippen molar-refractivity contribution in [3.8, 4) is 11.5 Å². The maximum absolute atomic E-state index is 12.7. The fraction of sp³-hybridized carbons (Fsp3) is 0.130. The third-order valence-corrected chi connectivity index (χ3v) is 6.36. The number of hydrogen-bond donors (Lipinski definition) is 2. The van der Waals surface area contributed by atoms with Crippen molar-refractivity contribution in [1.82, 2.24) is 5.43 Å².